The zero-order chi connectivity index (χ0) is 19.9. The molecule has 1 aliphatic rings. The van der Waals surface area contributed by atoms with Crippen LogP contribution >= 0.6 is 0 Å². The van der Waals surface area contributed by atoms with E-state index in [9.17, 15) is 14.9 Å². The number of piperidine rings is 1. The largest absolute Gasteiger partial charge is 0.352 e. The first-order chi connectivity index (χ1) is 13.5. The number of nitrogens with zero attached hydrogens (tertiary/aromatic N) is 4. The first-order valence-electron chi connectivity index (χ1n) is 9.73. The number of amides is 1. The Kier molecular flexibility index (Phi) is 6.76. The Balaban J connectivity index is 1.40. The Labute approximate surface area is 164 Å². The summed E-state index contributed by atoms with van der Waals surface area (Å²) in [6, 6.07) is 8.37. The molecule has 2 aromatic rings. The lowest BCUT2D eigenvalue weighted by atomic mass is 9.99. The molecule has 8 heteroatoms. The maximum Gasteiger partial charge on any atom is 0.306 e. The lowest BCUT2D eigenvalue weighted by Crippen LogP contribution is -2.33. The van der Waals surface area contributed by atoms with Gasteiger partial charge in [-0.2, -0.15) is 5.10 Å². The summed E-state index contributed by atoms with van der Waals surface area (Å²) in [6.07, 6.45) is 5.34. The molecule has 1 aromatic carbocycles. The number of carbonyl (C=O) groups excluding carboxylic acids is 1. The maximum absolute atomic E-state index is 12.0. The average Bonchev–Trinajstić information content (AvgIpc) is 3.15. The van der Waals surface area contributed by atoms with Crippen molar-refractivity contribution in [2.24, 2.45) is 5.92 Å². The second kappa shape index (κ2) is 9.45. The van der Waals surface area contributed by atoms with Crippen LogP contribution in [0.4, 0.5) is 5.69 Å². The van der Waals surface area contributed by atoms with E-state index in [1.54, 1.807) is 0 Å². The van der Waals surface area contributed by atoms with Crippen LogP contribution in [-0.2, 0) is 24.4 Å². The van der Waals surface area contributed by atoms with Crippen molar-refractivity contribution in [2.45, 2.75) is 45.8 Å². The molecule has 1 amide bonds. The molecule has 0 spiro atoms. The average molecular weight is 385 g/mol. The number of aromatic nitrogens is 2. The zero-order valence-electron chi connectivity index (χ0n) is 16.2. The van der Waals surface area contributed by atoms with E-state index in [-0.39, 0.29) is 18.0 Å². The molecule has 3 rings (SSSR count). The normalized spacial score (nSPS) is 17.4. The smallest absolute Gasteiger partial charge is 0.306 e. The van der Waals surface area contributed by atoms with Gasteiger partial charge in [0.05, 0.1) is 4.92 Å². The lowest BCUT2D eigenvalue weighted by molar-refractivity contribution is -0.385. The highest BCUT2D eigenvalue weighted by molar-refractivity contribution is 5.75. The quantitative estimate of drug-likeness (QED) is 0.557. The maximum atomic E-state index is 12.0. The standard InChI is InChI=1S/C20H27N5O3/c1-16-3-2-9-23(13-16)14-18-6-4-17(5-7-18)11-21-20(26)8-10-24-15-19(12-22-24)25(27)28/h4-7,12,15-16H,2-3,8-11,13-14H2,1H3,(H,21,26). The minimum absolute atomic E-state index is 0.0699. The van der Waals surface area contributed by atoms with Gasteiger partial charge in [-0.15, -0.1) is 0 Å². The Hall–Kier alpha value is -2.74. The molecule has 1 aromatic heterocycles. The second-order valence-electron chi connectivity index (χ2n) is 7.54. The predicted octanol–water partition coefficient (Wildman–Crippen LogP) is 2.73. The van der Waals surface area contributed by atoms with Gasteiger partial charge >= 0.3 is 5.69 Å². The molecular formula is C20H27N5O3. The molecule has 150 valence electrons. The molecular weight excluding hydrogens is 358 g/mol. The highest BCUT2D eigenvalue weighted by Gasteiger charge is 2.16. The Morgan fingerprint density at radius 2 is 2.07 bits per heavy atom. The Morgan fingerprint density at radius 1 is 1.32 bits per heavy atom. The molecule has 0 aliphatic carbocycles. The second-order valence-corrected chi connectivity index (χ2v) is 7.54. The molecule has 1 saturated heterocycles. The van der Waals surface area contributed by atoms with E-state index < -0.39 is 4.92 Å². The van der Waals surface area contributed by atoms with Crippen LogP contribution in [0.5, 0.6) is 0 Å². The van der Waals surface area contributed by atoms with Gasteiger partial charge in [-0.1, -0.05) is 31.2 Å². The number of likely N-dealkylation sites (tertiary alicyclic amines) is 1. The summed E-state index contributed by atoms with van der Waals surface area (Å²) in [5.41, 5.74) is 2.28. The number of rotatable bonds is 8. The molecule has 8 nitrogen and oxygen atoms in total. The number of nitrogens with one attached hydrogen (secondary N) is 1. The first kappa shape index (κ1) is 20.0. The highest BCUT2D eigenvalue weighted by atomic mass is 16.6. The van der Waals surface area contributed by atoms with Crippen molar-refractivity contribution >= 4 is 11.6 Å². The van der Waals surface area contributed by atoms with Crippen LogP contribution in [-0.4, -0.2) is 38.6 Å². The third-order valence-electron chi connectivity index (χ3n) is 5.06. The van der Waals surface area contributed by atoms with Gasteiger partial charge in [0.1, 0.15) is 12.4 Å². The summed E-state index contributed by atoms with van der Waals surface area (Å²) in [6.45, 7) is 6.41. The summed E-state index contributed by atoms with van der Waals surface area (Å²) in [4.78, 5) is 24.6. The molecule has 0 radical (unpaired) electrons. The van der Waals surface area contributed by atoms with Gasteiger partial charge in [0.15, 0.2) is 0 Å². The van der Waals surface area contributed by atoms with E-state index >= 15 is 0 Å². The molecule has 1 atom stereocenters. The topological polar surface area (TPSA) is 93.3 Å². The van der Waals surface area contributed by atoms with E-state index in [1.807, 2.05) is 0 Å². The number of hydrogen-bond donors (Lipinski definition) is 1. The van der Waals surface area contributed by atoms with Crippen LogP contribution in [0.15, 0.2) is 36.7 Å². The van der Waals surface area contributed by atoms with Crippen molar-refractivity contribution in [3.63, 3.8) is 0 Å². The van der Waals surface area contributed by atoms with Crippen molar-refractivity contribution in [2.75, 3.05) is 13.1 Å². The van der Waals surface area contributed by atoms with E-state index in [1.165, 1.54) is 42.0 Å². The molecule has 1 fully saturated rings. The first-order valence-corrected chi connectivity index (χ1v) is 9.73. The van der Waals surface area contributed by atoms with Crippen LogP contribution in [0.25, 0.3) is 0 Å². The summed E-state index contributed by atoms with van der Waals surface area (Å²) >= 11 is 0. The highest BCUT2D eigenvalue weighted by Crippen LogP contribution is 2.18. The van der Waals surface area contributed by atoms with Crippen LogP contribution < -0.4 is 5.32 Å². The van der Waals surface area contributed by atoms with Gasteiger partial charge < -0.3 is 5.32 Å². The fraction of sp³-hybridized carbons (Fsp3) is 0.500. The number of aryl methyl sites for hydroxylation is 1. The molecule has 28 heavy (non-hydrogen) atoms. The van der Waals surface area contributed by atoms with Gasteiger partial charge in [-0.3, -0.25) is 24.5 Å². The fourth-order valence-electron chi connectivity index (χ4n) is 3.53. The SMILES string of the molecule is CC1CCCN(Cc2ccc(CNC(=O)CCn3cc([N+](=O)[O-])cn3)cc2)C1. The zero-order valence-corrected chi connectivity index (χ0v) is 16.2. The third-order valence-corrected chi connectivity index (χ3v) is 5.06. The summed E-state index contributed by atoms with van der Waals surface area (Å²) < 4.78 is 1.41. The van der Waals surface area contributed by atoms with Crippen LogP contribution in [0.2, 0.25) is 0 Å². The van der Waals surface area contributed by atoms with Crippen LogP contribution in [0, 0.1) is 16.0 Å². The van der Waals surface area contributed by atoms with Gasteiger partial charge in [-0.05, 0) is 36.4 Å². The molecule has 1 N–H and O–H groups in total. The molecule has 1 aliphatic heterocycles. The summed E-state index contributed by atoms with van der Waals surface area (Å²) in [5, 5.41) is 17.4. The Morgan fingerprint density at radius 3 is 2.75 bits per heavy atom. The molecule has 2 heterocycles. The summed E-state index contributed by atoms with van der Waals surface area (Å²) in [5.74, 6) is 0.667. The van der Waals surface area contributed by atoms with Gasteiger partial charge in [0.25, 0.3) is 0 Å². The third kappa shape index (κ3) is 5.88. The van der Waals surface area contributed by atoms with Crippen molar-refractivity contribution in [1.29, 1.82) is 0 Å². The van der Waals surface area contributed by atoms with Crippen molar-refractivity contribution < 1.29 is 9.72 Å². The van der Waals surface area contributed by atoms with E-state index in [0.29, 0.717) is 13.1 Å². The monoisotopic (exact) mass is 385 g/mol. The summed E-state index contributed by atoms with van der Waals surface area (Å²) in [7, 11) is 0. The van der Waals surface area contributed by atoms with E-state index in [0.717, 1.165) is 24.6 Å². The van der Waals surface area contributed by atoms with Gasteiger partial charge in [0, 0.05) is 32.6 Å². The molecule has 1 unspecified atom stereocenters. The number of carbonyl (C=O) groups is 1. The number of benzene rings is 1. The minimum Gasteiger partial charge on any atom is -0.352 e. The fourth-order valence-corrected chi connectivity index (χ4v) is 3.53. The Bertz CT molecular complexity index is 802. The van der Waals surface area contributed by atoms with Crippen LogP contribution in [0.1, 0.15) is 37.3 Å². The lowest BCUT2D eigenvalue weighted by Gasteiger charge is -2.30. The van der Waals surface area contributed by atoms with Gasteiger partial charge in [0.2, 0.25) is 5.91 Å². The van der Waals surface area contributed by atoms with Crippen LogP contribution in [0.3, 0.4) is 0 Å². The minimum atomic E-state index is -0.501. The number of nitro groups is 1. The van der Waals surface area contributed by atoms with E-state index in [4.69, 9.17) is 0 Å². The van der Waals surface area contributed by atoms with E-state index in [2.05, 4.69) is 46.5 Å². The van der Waals surface area contributed by atoms with Crippen molar-refractivity contribution in [1.82, 2.24) is 20.0 Å². The molecule has 0 bridgehead atoms. The predicted molar refractivity (Wildman–Crippen MR) is 105 cm³/mol. The van der Waals surface area contributed by atoms with Crippen molar-refractivity contribution in [3.8, 4) is 0 Å². The number of hydrogen-bond acceptors (Lipinski definition) is 5. The van der Waals surface area contributed by atoms with Crippen molar-refractivity contribution in [3.05, 3.63) is 57.9 Å². The molecule has 0 saturated carbocycles. The van der Waals surface area contributed by atoms with Gasteiger partial charge in [-0.25, -0.2) is 0 Å².